The van der Waals surface area contributed by atoms with Gasteiger partial charge in [0.2, 0.25) is 0 Å². The minimum Gasteiger partial charge on any atom is -0.479 e. The first-order chi connectivity index (χ1) is 8.25. The number of carbonyl (C=O) groups excluding carboxylic acids is 1. The van der Waals surface area contributed by atoms with Gasteiger partial charge < -0.3 is 15.5 Å². The monoisotopic (exact) mass is 319 g/mol. The second-order valence-electron chi connectivity index (χ2n) is 3.86. The van der Waals surface area contributed by atoms with Gasteiger partial charge in [-0.1, -0.05) is 6.07 Å². The number of aliphatic carboxylic acids is 1. The first-order valence-electron chi connectivity index (χ1n) is 4.93. The maximum atomic E-state index is 13.2. The predicted octanol–water partition coefficient (Wildman–Crippen LogP) is 1.15. The van der Waals surface area contributed by atoms with E-state index >= 15 is 0 Å². The topological polar surface area (TPSA) is 86.6 Å². The Morgan fingerprint density at radius 2 is 2.11 bits per heavy atom. The van der Waals surface area contributed by atoms with Gasteiger partial charge in [0.15, 0.2) is 5.60 Å². The van der Waals surface area contributed by atoms with Crippen LogP contribution in [0.3, 0.4) is 0 Å². The lowest BCUT2D eigenvalue weighted by Gasteiger charge is -2.18. The summed E-state index contributed by atoms with van der Waals surface area (Å²) in [5, 5.41) is 20.3. The first kappa shape index (κ1) is 14.6. The number of carboxylic acid groups (broad SMARTS) is 1. The summed E-state index contributed by atoms with van der Waals surface area (Å²) >= 11 is 2.92. The van der Waals surface area contributed by atoms with Gasteiger partial charge in [0.05, 0.1) is 16.6 Å². The molecule has 1 aromatic carbocycles. The summed E-state index contributed by atoms with van der Waals surface area (Å²) in [4.78, 5) is 22.3. The van der Waals surface area contributed by atoms with Crippen molar-refractivity contribution in [2.24, 2.45) is 0 Å². The van der Waals surface area contributed by atoms with Crippen LogP contribution in [0.4, 0.5) is 4.39 Å². The molecule has 0 saturated carbocycles. The van der Waals surface area contributed by atoms with Crippen LogP contribution in [0.2, 0.25) is 0 Å². The number of rotatable bonds is 4. The summed E-state index contributed by atoms with van der Waals surface area (Å²) in [5.41, 5.74) is -2.05. The molecule has 98 valence electrons. The van der Waals surface area contributed by atoms with Gasteiger partial charge in [0.25, 0.3) is 5.91 Å². The lowest BCUT2D eigenvalue weighted by Crippen LogP contribution is -2.46. The van der Waals surface area contributed by atoms with E-state index in [2.05, 4.69) is 21.2 Å². The Labute approximate surface area is 111 Å². The summed E-state index contributed by atoms with van der Waals surface area (Å²) in [6.07, 6.45) is 0. The van der Waals surface area contributed by atoms with Crippen molar-refractivity contribution in [3.63, 3.8) is 0 Å². The Morgan fingerprint density at radius 3 is 2.67 bits per heavy atom. The highest BCUT2D eigenvalue weighted by Gasteiger charge is 2.30. The Morgan fingerprint density at radius 1 is 1.50 bits per heavy atom. The summed E-state index contributed by atoms with van der Waals surface area (Å²) in [5.74, 6) is -2.74. The van der Waals surface area contributed by atoms with Gasteiger partial charge in [-0.05, 0) is 35.0 Å². The summed E-state index contributed by atoms with van der Waals surface area (Å²) in [6, 6.07) is 3.90. The lowest BCUT2D eigenvalue weighted by atomic mass is 10.1. The molecule has 7 heteroatoms. The number of nitrogens with one attached hydrogen (secondary N) is 1. The van der Waals surface area contributed by atoms with Crippen molar-refractivity contribution in [2.45, 2.75) is 12.5 Å². The van der Waals surface area contributed by atoms with Crippen LogP contribution in [-0.2, 0) is 4.79 Å². The molecule has 0 aromatic heterocycles. The Bertz CT molecular complexity index is 490. The van der Waals surface area contributed by atoms with Crippen LogP contribution in [0, 0.1) is 5.82 Å². The zero-order valence-electron chi connectivity index (χ0n) is 9.41. The molecule has 0 fully saturated rings. The van der Waals surface area contributed by atoms with E-state index in [-0.39, 0.29) is 10.0 Å². The highest BCUT2D eigenvalue weighted by molar-refractivity contribution is 9.10. The van der Waals surface area contributed by atoms with Crippen molar-refractivity contribution < 1.29 is 24.2 Å². The van der Waals surface area contributed by atoms with Crippen molar-refractivity contribution in [3.05, 3.63) is 34.1 Å². The van der Waals surface area contributed by atoms with Crippen LogP contribution < -0.4 is 5.32 Å². The number of hydrogen-bond donors (Lipinski definition) is 3. The normalized spacial score (nSPS) is 13.8. The van der Waals surface area contributed by atoms with Gasteiger partial charge >= 0.3 is 5.97 Å². The van der Waals surface area contributed by atoms with Crippen LogP contribution in [0.25, 0.3) is 0 Å². The van der Waals surface area contributed by atoms with E-state index in [0.717, 1.165) is 6.92 Å². The quantitative estimate of drug-likeness (QED) is 0.777. The average Bonchev–Trinajstić information content (AvgIpc) is 2.29. The van der Waals surface area contributed by atoms with Gasteiger partial charge in [-0.15, -0.1) is 0 Å². The SMILES string of the molecule is CC(O)(CNC(=O)c1cccc(F)c1Br)C(=O)O. The molecule has 0 aliphatic rings. The standard InChI is InChI=1S/C11H11BrFNO4/c1-11(18,10(16)17)5-14-9(15)6-3-2-4-7(13)8(6)12/h2-4,18H,5H2,1H3,(H,14,15)(H,16,17). The van der Waals surface area contributed by atoms with E-state index in [0.29, 0.717) is 0 Å². The second kappa shape index (κ2) is 5.45. The molecule has 0 bridgehead atoms. The Kier molecular flexibility index (Phi) is 4.42. The molecule has 0 saturated heterocycles. The number of hydrogen-bond acceptors (Lipinski definition) is 3. The van der Waals surface area contributed by atoms with Crippen LogP contribution in [0.15, 0.2) is 22.7 Å². The molecule has 0 aliphatic heterocycles. The number of benzene rings is 1. The number of halogens is 2. The minimum absolute atomic E-state index is 0.0162. The van der Waals surface area contributed by atoms with E-state index in [1.807, 2.05) is 0 Å². The second-order valence-corrected chi connectivity index (χ2v) is 4.66. The fourth-order valence-corrected chi connectivity index (χ4v) is 1.55. The molecule has 0 spiro atoms. The van der Waals surface area contributed by atoms with E-state index < -0.39 is 29.8 Å². The Hall–Kier alpha value is -1.47. The van der Waals surface area contributed by atoms with Gasteiger partial charge in [0, 0.05) is 0 Å². The molecular formula is C11H11BrFNO4. The number of amides is 1. The van der Waals surface area contributed by atoms with Crippen molar-refractivity contribution in [1.82, 2.24) is 5.32 Å². The molecule has 0 radical (unpaired) electrons. The van der Waals surface area contributed by atoms with E-state index in [1.54, 1.807) is 0 Å². The minimum atomic E-state index is -2.07. The fraction of sp³-hybridized carbons (Fsp3) is 0.273. The van der Waals surface area contributed by atoms with Gasteiger partial charge in [0.1, 0.15) is 5.82 Å². The summed E-state index contributed by atoms with van der Waals surface area (Å²) in [6.45, 7) is 0.570. The molecule has 1 atom stereocenters. The third kappa shape index (κ3) is 3.27. The van der Waals surface area contributed by atoms with Crippen molar-refractivity contribution in [1.29, 1.82) is 0 Å². The van der Waals surface area contributed by atoms with Gasteiger partial charge in [-0.2, -0.15) is 0 Å². The van der Waals surface area contributed by atoms with Crippen LogP contribution >= 0.6 is 15.9 Å². The third-order valence-corrected chi connectivity index (χ3v) is 3.06. The van der Waals surface area contributed by atoms with E-state index in [4.69, 9.17) is 5.11 Å². The fourth-order valence-electron chi connectivity index (χ4n) is 1.10. The Balaban J connectivity index is 2.78. The van der Waals surface area contributed by atoms with Gasteiger partial charge in [-0.25, -0.2) is 9.18 Å². The third-order valence-electron chi connectivity index (χ3n) is 2.25. The molecule has 5 nitrogen and oxygen atoms in total. The van der Waals surface area contributed by atoms with E-state index in [9.17, 15) is 19.1 Å². The maximum Gasteiger partial charge on any atom is 0.337 e. The summed E-state index contributed by atoms with van der Waals surface area (Å²) in [7, 11) is 0. The van der Waals surface area contributed by atoms with Crippen LogP contribution in [0.1, 0.15) is 17.3 Å². The molecule has 1 unspecified atom stereocenters. The van der Waals surface area contributed by atoms with Crippen LogP contribution in [-0.4, -0.2) is 34.2 Å². The van der Waals surface area contributed by atoms with Crippen molar-refractivity contribution in [2.75, 3.05) is 6.54 Å². The van der Waals surface area contributed by atoms with Crippen molar-refractivity contribution in [3.8, 4) is 0 Å². The number of aliphatic hydroxyl groups is 1. The number of carboxylic acids is 1. The summed E-state index contributed by atoms with van der Waals surface area (Å²) < 4.78 is 13.2. The molecule has 0 aliphatic carbocycles. The first-order valence-corrected chi connectivity index (χ1v) is 5.73. The highest BCUT2D eigenvalue weighted by Crippen LogP contribution is 2.20. The maximum absolute atomic E-state index is 13.2. The molecule has 3 N–H and O–H groups in total. The van der Waals surface area contributed by atoms with Crippen LogP contribution in [0.5, 0.6) is 0 Å². The zero-order chi connectivity index (χ0) is 13.9. The van der Waals surface area contributed by atoms with Gasteiger partial charge in [-0.3, -0.25) is 4.79 Å². The molecule has 1 amide bonds. The zero-order valence-corrected chi connectivity index (χ0v) is 11.0. The van der Waals surface area contributed by atoms with E-state index in [1.165, 1.54) is 18.2 Å². The average molecular weight is 320 g/mol. The highest BCUT2D eigenvalue weighted by atomic mass is 79.9. The molecule has 0 heterocycles. The molecule has 1 aromatic rings. The van der Waals surface area contributed by atoms with Crippen molar-refractivity contribution >= 4 is 27.8 Å². The molecule has 1 rings (SSSR count). The lowest BCUT2D eigenvalue weighted by molar-refractivity contribution is -0.155. The number of carbonyl (C=O) groups is 2. The smallest absolute Gasteiger partial charge is 0.337 e. The molecule has 18 heavy (non-hydrogen) atoms. The largest absolute Gasteiger partial charge is 0.479 e. The predicted molar refractivity (Wildman–Crippen MR) is 64.7 cm³/mol. The molecular weight excluding hydrogens is 309 g/mol.